The van der Waals surface area contributed by atoms with Crippen molar-refractivity contribution in [3.8, 4) is 11.1 Å². The van der Waals surface area contributed by atoms with E-state index in [2.05, 4.69) is 4.72 Å². The molecule has 4 rings (SSSR count). The maximum absolute atomic E-state index is 13.0. The van der Waals surface area contributed by atoms with Crippen LogP contribution in [0.4, 0.5) is 5.69 Å². The van der Waals surface area contributed by atoms with E-state index in [0.717, 1.165) is 27.8 Å². The number of amides is 1. The molecular weight excluding hydrogens is 396 g/mol. The minimum absolute atomic E-state index is 0.134. The number of rotatable bonds is 5. The highest BCUT2D eigenvalue weighted by Crippen LogP contribution is 2.29. The van der Waals surface area contributed by atoms with E-state index in [0.29, 0.717) is 10.5 Å². The number of furan rings is 1. The molecule has 0 aliphatic heterocycles. The lowest BCUT2D eigenvalue weighted by Crippen LogP contribution is -2.25. The van der Waals surface area contributed by atoms with Crippen LogP contribution in [-0.4, -0.2) is 24.2 Å². The van der Waals surface area contributed by atoms with Crippen LogP contribution in [0.25, 0.3) is 22.1 Å². The maximum Gasteiger partial charge on any atom is 0.298 e. The average molecular weight is 419 g/mol. The number of fused-ring (bicyclic) bond motifs is 1. The van der Waals surface area contributed by atoms with E-state index in [-0.39, 0.29) is 5.76 Å². The van der Waals surface area contributed by atoms with Gasteiger partial charge in [0.1, 0.15) is 5.58 Å². The second kappa shape index (κ2) is 8.16. The molecule has 30 heavy (non-hydrogen) atoms. The number of nitrogens with one attached hydrogen (secondary N) is 1. The zero-order valence-corrected chi connectivity index (χ0v) is 17.8. The first-order valence-corrected chi connectivity index (χ1v) is 10.7. The minimum atomic E-state index is -1.73. The summed E-state index contributed by atoms with van der Waals surface area (Å²) >= 11 is 0. The first-order valence-electron chi connectivity index (χ1n) is 9.53. The van der Waals surface area contributed by atoms with Gasteiger partial charge in [-0.05, 0) is 41.8 Å². The molecule has 0 radical (unpaired) electrons. The van der Waals surface area contributed by atoms with Crippen LogP contribution in [0.3, 0.4) is 0 Å². The van der Waals surface area contributed by atoms with Crippen molar-refractivity contribution in [3.63, 3.8) is 0 Å². The second-order valence-corrected chi connectivity index (χ2v) is 8.42. The molecule has 0 bridgehead atoms. The number of carbonyl (C=O) groups excluding carboxylic acids is 1. The van der Waals surface area contributed by atoms with Gasteiger partial charge in [0.15, 0.2) is 16.7 Å². The summed E-state index contributed by atoms with van der Waals surface area (Å²) in [6.45, 7) is 1.97. The minimum Gasteiger partial charge on any atom is -0.451 e. The monoisotopic (exact) mass is 418 g/mol. The first kappa shape index (κ1) is 19.9. The number of hydrogen-bond acceptors (Lipinski definition) is 4. The lowest BCUT2D eigenvalue weighted by atomic mass is 10.1. The topological polar surface area (TPSA) is 62.6 Å². The van der Waals surface area contributed by atoms with E-state index in [1.165, 1.54) is 0 Å². The van der Waals surface area contributed by atoms with Gasteiger partial charge in [-0.1, -0.05) is 48.5 Å². The summed E-state index contributed by atoms with van der Waals surface area (Å²) in [5.41, 5.74) is 4.37. The lowest BCUT2D eigenvalue weighted by Gasteiger charge is -2.12. The predicted molar refractivity (Wildman–Crippen MR) is 121 cm³/mol. The third-order valence-corrected chi connectivity index (χ3v) is 6.05. The summed E-state index contributed by atoms with van der Waals surface area (Å²) in [6.07, 6.45) is 0. The Hall–Kier alpha value is -3.38. The molecular formula is C24H22N2O3S. The first-order chi connectivity index (χ1) is 14.4. The van der Waals surface area contributed by atoms with Gasteiger partial charge in [-0.2, -0.15) is 0 Å². The fourth-order valence-electron chi connectivity index (χ4n) is 3.34. The Kier molecular flexibility index (Phi) is 5.42. The largest absolute Gasteiger partial charge is 0.451 e. The molecule has 152 valence electrons. The van der Waals surface area contributed by atoms with Crippen LogP contribution >= 0.6 is 0 Å². The quantitative estimate of drug-likeness (QED) is 0.499. The average Bonchev–Trinajstić information content (AvgIpc) is 3.19. The molecule has 3 aromatic carbocycles. The molecule has 1 amide bonds. The Morgan fingerprint density at radius 2 is 1.67 bits per heavy atom. The third kappa shape index (κ3) is 3.86. The number of carbonyl (C=O) groups is 1. The van der Waals surface area contributed by atoms with E-state index in [4.69, 9.17) is 4.42 Å². The van der Waals surface area contributed by atoms with Crippen LogP contribution < -0.4 is 9.62 Å². The standard InChI is InChI=1S/C24H22N2O3S/c1-16-13-18(26(2)3)14-21-20(16)15-22(29-21)24(27)25-30(28)23-12-8-7-11-19(23)17-9-5-4-6-10-17/h4-15H,1-3H3,(H,25,27). The molecule has 1 aromatic heterocycles. The zero-order valence-electron chi connectivity index (χ0n) is 17.0. The van der Waals surface area contributed by atoms with Crippen LogP contribution in [-0.2, 0) is 11.0 Å². The van der Waals surface area contributed by atoms with Crippen molar-refractivity contribution in [2.75, 3.05) is 19.0 Å². The van der Waals surface area contributed by atoms with Gasteiger partial charge in [-0.15, -0.1) is 0 Å². The smallest absolute Gasteiger partial charge is 0.298 e. The molecule has 0 saturated carbocycles. The Bertz CT molecular complexity index is 1250. The Morgan fingerprint density at radius 3 is 2.40 bits per heavy atom. The molecule has 0 saturated heterocycles. The highest BCUT2D eigenvalue weighted by molar-refractivity contribution is 7.83. The van der Waals surface area contributed by atoms with Gasteiger partial charge >= 0.3 is 0 Å². The Labute approximate surface area is 177 Å². The van der Waals surface area contributed by atoms with Crippen LogP contribution in [0.15, 0.2) is 82.1 Å². The third-order valence-electron chi connectivity index (χ3n) is 4.93. The summed E-state index contributed by atoms with van der Waals surface area (Å²) in [6, 6.07) is 22.6. The van der Waals surface area contributed by atoms with E-state index >= 15 is 0 Å². The summed E-state index contributed by atoms with van der Waals surface area (Å²) in [5, 5.41) is 0.862. The maximum atomic E-state index is 13.0. The van der Waals surface area contributed by atoms with Crippen molar-refractivity contribution < 1.29 is 13.4 Å². The number of hydrogen-bond donors (Lipinski definition) is 1. The van der Waals surface area contributed by atoms with Gasteiger partial charge in [0, 0.05) is 31.2 Å². The van der Waals surface area contributed by atoms with Crippen molar-refractivity contribution in [1.29, 1.82) is 0 Å². The van der Waals surface area contributed by atoms with Crippen LogP contribution in [0.1, 0.15) is 16.1 Å². The Morgan fingerprint density at radius 1 is 0.967 bits per heavy atom. The fraction of sp³-hybridized carbons (Fsp3) is 0.125. The fourth-order valence-corrected chi connectivity index (χ4v) is 4.31. The Balaban J connectivity index is 1.62. The zero-order chi connectivity index (χ0) is 21.3. The van der Waals surface area contributed by atoms with Crippen molar-refractivity contribution in [1.82, 2.24) is 4.72 Å². The molecule has 0 aliphatic carbocycles. The van der Waals surface area contributed by atoms with Gasteiger partial charge in [-0.25, -0.2) is 4.21 Å². The van der Waals surface area contributed by atoms with Gasteiger partial charge in [0.25, 0.3) is 5.91 Å². The molecule has 0 aliphatic rings. The molecule has 6 heteroatoms. The van der Waals surface area contributed by atoms with Crippen molar-refractivity contribution >= 4 is 33.5 Å². The number of nitrogens with zero attached hydrogens (tertiary/aromatic N) is 1. The highest BCUT2D eigenvalue weighted by atomic mass is 32.2. The molecule has 4 aromatic rings. The van der Waals surface area contributed by atoms with E-state index in [1.54, 1.807) is 18.2 Å². The summed E-state index contributed by atoms with van der Waals surface area (Å²) < 4.78 is 21.3. The van der Waals surface area contributed by atoms with Crippen molar-refractivity contribution in [2.24, 2.45) is 0 Å². The van der Waals surface area contributed by atoms with Crippen molar-refractivity contribution in [3.05, 3.63) is 84.1 Å². The molecule has 0 fully saturated rings. The number of aryl methyl sites for hydroxylation is 1. The normalized spacial score (nSPS) is 12.0. The van der Waals surface area contributed by atoms with E-state index in [1.807, 2.05) is 80.5 Å². The number of benzene rings is 3. The molecule has 1 atom stereocenters. The van der Waals surface area contributed by atoms with Gasteiger partial charge in [0.05, 0.1) is 4.90 Å². The molecule has 0 spiro atoms. The van der Waals surface area contributed by atoms with E-state index in [9.17, 15) is 9.00 Å². The van der Waals surface area contributed by atoms with Crippen molar-refractivity contribution in [2.45, 2.75) is 11.8 Å². The van der Waals surface area contributed by atoms with Crippen LogP contribution in [0, 0.1) is 6.92 Å². The van der Waals surface area contributed by atoms with E-state index < -0.39 is 16.9 Å². The summed E-state index contributed by atoms with van der Waals surface area (Å²) in [7, 11) is 2.17. The summed E-state index contributed by atoms with van der Waals surface area (Å²) in [5.74, 6) is -0.382. The molecule has 1 N–H and O–H groups in total. The van der Waals surface area contributed by atoms with Gasteiger partial charge in [0.2, 0.25) is 0 Å². The molecule has 5 nitrogen and oxygen atoms in total. The predicted octanol–water partition coefficient (Wildman–Crippen LogP) is 4.93. The van der Waals surface area contributed by atoms with Crippen LogP contribution in [0.2, 0.25) is 0 Å². The van der Waals surface area contributed by atoms with Crippen LogP contribution in [0.5, 0.6) is 0 Å². The SMILES string of the molecule is Cc1cc(N(C)C)cc2oc(C(=O)NS(=O)c3ccccc3-c3ccccc3)cc12. The summed E-state index contributed by atoms with van der Waals surface area (Å²) in [4.78, 5) is 15.3. The molecule has 1 heterocycles. The van der Waals surface area contributed by atoms with Gasteiger partial charge in [-0.3, -0.25) is 9.52 Å². The number of anilines is 1. The lowest BCUT2D eigenvalue weighted by molar-refractivity contribution is 0.0958. The van der Waals surface area contributed by atoms with Gasteiger partial charge < -0.3 is 9.32 Å². The second-order valence-electron chi connectivity index (χ2n) is 7.24. The molecule has 1 unspecified atom stereocenters. The highest BCUT2D eigenvalue weighted by Gasteiger charge is 2.19.